The van der Waals surface area contributed by atoms with E-state index in [0.717, 1.165) is 0 Å². The summed E-state index contributed by atoms with van der Waals surface area (Å²) in [4.78, 5) is 0. The van der Waals surface area contributed by atoms with Crippen molar-refractivity contribution in [2.24, 2.45) is 0 Å². The summed E-state index contributed by atoms with van der Waals surface area (Å²) in [6.45, 7) is 4.67. The van der Waals surface area contributed by atoms with Crippen molar-refractivity contribution in [2.75, 3.05) is 0 Å². The van der Waals surface area contributed by atoms with Crippen molar-refractivity contribution in [3.63, 3.8) is 0 Å². The van der Waals surface area contributed by atoms with E-state index in [0.29, 0.717) is 0 Å². The first-order chi connectivity index (χ1) is 8.60. The zero-order chi connectivity index (χ0) is 12.5. The molecular formula is C17H13I. The fourth-order valence-electron chi connectivity index (χ4n) is 3.39. The molecule has 1 heteroatoms. The molecule has 18 heavy (non-hydrogen) atoms. The molecule has 0 N–H and O–H groups in total. The molecular weight excluding hydrogens is 331 g/mol. The molecule has 88 valence electrons. The lowest BCUT2D eigenvalue weighted by molar-refractivity contribution is 0.663. The fourth-order valence-corrected chi connectivity index (χ4v) is 4.18. The second kappa shape index (κ2) is 3.27. The Hall–Kier alpha value is -1.09. The van der Waals surface area contributed by atoms with Gasteiger partial charge in [0.15, 0.2) is 0 Å². The van der Waals surface area contributed by atoms with Crippen LogP contribution in [0.3, 0.4) is 0 Å². The van der Waals surface area contributed by atoms with Gasteiger partial charge in [-0.2, -0.15) is 0 Å². The van der Waals surface area contributed by atoms with Crippen LogP contribution in [0.2, 0.25) is 0 Å². The second-order valence-electron chi connectivity index (χ2n) is 5.62. The van der Waals surface area contributed by atoms with Crippen LogP contribution in [0.5, 0.6) is 0 Å². The van der Waals surface area contributed by atoms with Crippen molar-refractivity contribution < 1.29 is 0 Å². The van der Waals surface area contributed by atoms with Gasteiger partial charge in [-0.25, -0.2) is 0 Å². The van der Waals surface area contributed by atoms with Crippen LogP contribution >= 0.6 is 22.6 Å². The van der Waals surface area contributed by atoms with E-state index in [4.69, 9.17) is 0 Å². The van der Waals surface area contributed by atoms with Gasteiger partial charge in [-0.15, -0.1) is 0 Å². The van der Waals surface area contributed by atoms with Crippen molar-refractivity contribution in [2.45, 2.75) is 19.3 Å². The summed E-state index contributed by atoms with van der Waals surface area (Å²) < 4.78 is 1.35. The van der Waals surface area contributed by atoms with E-state index in [9.17, 15) is 0 Å². The van der Waals surface area contributed by atoms with Crippen LogP contribution < -0.4 is 0 Å². The van der Waals surface area contributed by atoms with Crippen LogP contribution in [-0.4, -0.2) is 0 Å². The smallest absolute Gasteiger partial charge is 0.0215 e. The summed E-state index contributed by atoms with van der Waals surface area (Å²) in [5, 5.41) is 5.72. The predicted molar refractivity (Wildman–Crippen MR) is 86.3 cm³/mol. The Kier molecular flexibility index (Phi) is 1.96. The number of benzene rings is 3. The first-order valence-corrected chi connectivity index (χ1v) is 7.33. The molecule has 0 amide bonds. The second-order valence-corrected chi connectivity index (χ2v) is 6.78. The van der Waals surface area contributed by atoms with Crippen molar-refractivity contribution in [3.8, 4) is 0 Å². The van der Waals surface area contributed by atoms with Crippen LogP contribution in [0.4, 0.5) is 0 Å². The largest absolute Gasteiger partial charge is 0.0613 e. The third-order valence-electron chi connectivity index (χ3n) is 4.30. The Balaban J connectivity index is 2.42. The van der Waals surface area contributed by atoms with Crippen molar-refractivity contribution >= 4 is 44.1 Å². The van der Waals surface area contributed by atoms with Crippen molar-refractivity contribution in [1.82, 2.24) is 0 Å². The minimum atomic E-state index is 0.131. The average molecular weight is 344 g/mol. The van der Waals surface area contributed by atoms with E-state index < -0.39 is 0 Å². The molecule has 1 aliphatic carbocycles. The minimum Gasteiger partial charge on any atom is -0.0613 e. The number of hydrogen-bond donors (Lipinski definition) is 0. The molecule has 3 aromatic rings. The summed E-state index contributed by atoms with van der Waals surface area (Å²) in [5.74, 6) is 0. The summed E-state index contributed by atoms with van der Waals surface area (Å²) in [6, 6.07) is 15.8. The molecule has 0 atom stereocenters. The topological polar surface area (TPSA) is 0 Å². The summed E-state index contributed by atoms with van der Waals surface area (Å²) >= 11 is 2.46. The molecule has 0 aliphatic heterocycles. The molecule has 1 aliphatic rings. The van der Waals surface area contributed by atoms with Gasteiger partial charge in [-0.1, -0.05) is 50.2 Å². The van der Waals surface area contributed by atoms with Gasteiger partial charge in [0, 0.05) is 8.99 Å². The van der Waals surface area contributed by atoms with Gasteiger partial charge in [0.1, 0.15) is 0 Å². The number of halogens is 1. The molecule has 0 bridgehead atoms. The van der Waals surface area contributed by atoms with Gasteiger partial charge in [0.2, 0.25) is 0 Å². The van der Waals surface area contributed by atoms with Crippen LogP contribution in [-0.2, 0) is 5.41 Å². The number of hydrogen-bond acceptors (Lipinski definition) is 0. The maximum absolute atomic E-state index is 2.46. The Morgan fingerprint density at radius 3 is 2.33 bits per heavy atom. The lowest BCUT2D eigenvalue weighted by atomic mass is 9.82. The Labute approximate surface area is 120 Å². The minimum absolute atomic E-state index is 0.131. The van der Waals surface area contributed by atoms with E-state index >= 15 is 0 Å². The molecule has 0 heterocycles. The molecule has 0 unspecified atom stereocenters. The zero-order valence-electron chi connectivity index (χ0n) is 10.4. The molecule has 4 rings (SSSR count). The van der Waals surface area contributed by atoms with Crippen LogP contribution in [0.1, 0.15) is 25.0 Å². The van der Waals surface area contributed by atoms with Gasteiger partial charge < -0.3 is 0 Å². The summed E-state index contributed by atoms with van der Waals surface area (Å²) in [7, 11) is 0. The zero-order valence-corrected chi connectivity index (χ0v) is 12.6. The molecule has 0 saturated carbocycles. The first-order valence-electron chi connectivity index (χ1n) is 6.25. The lowest BCUT2D eigenvalue weighted by Crippen LogP contribution is -2.14. The highest BCUT2D eigenvalue weighted by Gasteiger charge is 2.33. The fraction of sp³-hybridized carbons (Fsp3) is 0.176. The molecule has 0 aromatic heterocycles. The monoisotopic (exact) mass is 344 g/mol. The van der Waals surface area contributed by atoms with Crippen LogP contribution in [0.15, 0.2) is 42.5 Å². The summed E-state index contributed by atoms with van der Waals surface area (Å²) in [6.07, 6.45) is 0. The third kappa shape index (κ3) is 1.11. The number of rotatable bonds is 0. The first kappa shape index (κ1) is 10.8. The lowest BCUT2D eigenvalue weighted by Gasteiger charge is -2.21. The van der Waals surface area contributed by atoms with Gasteiger partial charge in [0.25, 0.3) is 0 Å². The quantitative estimate of drug-likeness (QED) is 0.387. The maximum Gasteiger partial charge on any atom is 0.0215 e. The average Bonchev–Trinajstić information content (AvgIpc) is 2.60. The highest BCUT2D eigenvalue weighted by atomic mass is 127. The van der Waals surface area contributed by atoms with E-state index in [1.165, 1.54) is 36.2 Å². The molecule has 0 spiro atoms. The van der Waals surface area contributed by atoms with Gasteiger partial charge in [-0.05, 0) is 61.3 Å². The van der Waals surface area contributed by atoms with E-state index in [1.54, 1.807) is 0 Å². The SMILES string of the molecule is CC1(C)c2cccc3cc(I)c4cccc1c4c23. The molecule has 0 fully saturated rings. The third-order valence-corrected chi connectivity index (χ3v) is 5.19. The maximum atomic E-state index is 2.46. The van der Waals surface area contributed by atoms with Crippen molar-refractivity contribution in [1.29, 1.82) is 0 Å². The summed E-state index contributed by atoms with van der Waals surface area (Å²) in [5.41, 5.74) is 3.08. The van der Waals surface area contributed by atoms with Gasteiger partial charge in [0.05, 0.1) is 0 Å². The van der Waals surface area contributed by atoms with Crippen LogP contribution in [0, 0.1) is 3.57 Å². The molecule has 0 nitrogen and oxygen atoms in total. The Bertz CT molecular complexity index is 813. The van der Waals surface area contributed by atoms with E-state index in [2.05, 4.69) is 78.9 Å². The predicted octanol–water partition coefficient (Wildman–Crippen LogP) is 5.24. The molecule has 3 aromatic carbocycles. The molecule has 0 radical (unpaired) electrons. The normalized spacial score (nSPS) is 15.9. The van der Waals surface area contributed by atoms with Gasteiger partial charge >= 0.3 is 0 Å². The highest BCUT2D eigenvalue weighted by Crippen LogP contribution is 2.49. The standard InChI is InChI=1S/C17H13I/c1-17(2)12-7-3-5-10-9-14(18)11-6-4-8-13(17)16(11)15(10)12/h3-9H,1-2H3. The van der Waals surface area contributed by atoms with E-state index in [-0.39, 0.29) is 5.41 Å². The Morgan fingerprint density at radius 2 is 1.56 bits per heavy atom. The highest BCUT2D eigenvalue weighted by molar-refractivity contribution is 14.1. The van der Waals surface area contributed by atoms with Crippen molar-refractivity contribution in [3.05, 3.63) is 57.2 Å². The van der Waals surface area contributed by atoms with E-state index in [1.807, 2.05) is 0 Å². The Morgan fingerprint density at radius 1 is 0.889 bits per heavy atom. The molecule has 0 saturated heterocycles. The van der Waals surface area contributed by atoms with Gasteiger partial charge in [-0.3, -0.25) is 0 Å². The van der Waals surface area contributed by atoms with Crippen LogP contribution in [0.25, 0.3) is 21.5 Å².